The number of amides is 1. The molecule has 104 valence electrons. The van der Waals surface area contributed by atoms with Crippen LogP contribution in [0.15, 0.2) is 29.4 Å². The molecule has 19 heavy (non-hydrogen) atoms. The van der Waals surface area contributed by atoms with Gasteiger partial charge in [0.2, 0.25) is 0 Å². The lowest BCUT2D eigenvalue weighted by atomic mass is 10.1. The average molecular weight is 268 g/mol. The SMILES string of the molecule is CC(C)(C)OC(=O)NCC(=NO)c1ccc(F)cc1. The van der Waals surface area contributed by atoms with E-state index in [1.807, 2.05) is 0 Å². The smallest absolute Gasteiger partial charge is 0.407 e. The summed E-state index contributed by atoms with van der Waals surface area (Å²) in [4.78, 5) is 11.4. The molecular formula is C13H17FN2O3. The maximum atomic E-state index is 12.8. The van der Waals surface area contributed by atoms with Gasteiger partial charge < -0.3 is 15.3 Å². The summed E-state index contributed by atoms with van der Waals surface area (Å²) in [5.74, 6) is -0.388. The van der Waals surface area contributed by atoms with Gasteiger partial charge in [0.15, 0.2) is 0 Å². The highest BCUT2D eigenvalue weighted by Gasteiger charge is 2.16. The molecule has 0 unspecified atom stereocenters. The third-order valence-corrected chi connectivity index (χ3v) is 2.10. The zero-order valence-corrected chi connectivity index (χ0v) is 11.1. The van der Waals surface area contributed by atoms with Gasteiger partial charge in [0.1, 0.15) is 17.1 Å². The van der Waals surface area contributed by atoms with E-state index in [-0.39, 0.29) is 18.1 Å². The predicted molar refractivity (Wildman–Crippen MR) is 69.0 cm³/mol. The Labute approximate surface area is 111 Å². The van der Waals surface area contributed by atoms with Crippen molar-refractivity contribution in [2.75, 3.05) is 6.54 Å². The van der Waals surface area contributed by atoms with Crippen LogP contribution in [0, 0.1) is 5.82 Å². The Hall–Kier alpha value is -2.11. The lowest BCUT2D eigenvalue weighted by Crippen LogP contribution is -2.35. The minimum atomic E-state index is -0.615. The molecule has 6 heteroatoms. The Kier molecular flexibility index (Phi) is 4.86. The topological polar surface area (TPSA) is 70.9 Å². The Balaban J connectivity index is 2.60. The van der Waals surface area contributed by atoms with E-state index in [0.29, 0.717) is 5.56 Å². The minimum absolute atomic E-state index is 0.0168. The van der Waals surface area contributed by atoms with E-state index >= 15 is 0 Å². The number of ether oxygens (including phenoxy) is 1. The molecule has 0 atom stereocenters. The van der Waals surface area contributed by atoms with Gasteiger partial charge in [0.25, 0.3) is 0 Å². The maximum absolute atomic E-state index is 12.8. The number of hydrogen-bond donors (Lipinski definition) is 2. The number of nitrogens with one attached hydrogen (secondary N) is 1. The van der Waals surface area contributed by atoms with Gasteiger partial charge in [-0.05, 0) is 32.9 Å². The van der Waals surface area contributed by atoms with Crippen molar-refractivity contribution in [2.45, 2.75) is 26.4 Å². The Morgan fingerprint density at radius 1 is 1.37 bits per heavy atom. The number of carbonyl (C=O) groups is 1. The standard InChI is InChI=1S/C13H17FN2O3/c1-13(2,3)19-12(17)15-8-11(16-18)9-4-6-10(14)7-5-9/h4-7,18H,8H2,1-3H3,(H,15,17). The second-order valence-electron chi connectivity index (χ2n) is 4.91. The van der Waals surface area contributed by atoms with Gasteiger partial charge >= 0.3 is 6.09 Å². The molecule has 1 rings (SSSR count). The number of rotatable bonds is 3. The molecule has 0 aliphatic carbocycles. The summed E-state index contributed by atoms with van der Waals surface area (Å²) in [5, 5.41) is 14.4. The van der Waals surface area contributed by atoms with Crippen molar-refractivity contribution in [1.29, 1.82) is 0 Å². The van der Waals surface area contributed by atoms with Crippen LogP contribution in [0.1, 0.15) is 26.3 Å². The molecule has 0 bridgehead atoms. The van der Waals surface area contributed by atoms with E-state index in [9.17, 15) is 9.18 Å². The van der Waals surface area contributed by atoms with Crippen LogP contribution in [0.25, 0.3) is 0 Å². The van der Waals surface area contributed by atoms with E-state index in [1.54, 1.807) is 20.8 Å². The van der Waals surface area contributed by atoms with Crippen molar-refractivity contribution in [3.63, 3.8) is 0 Å². The molecule has 2 N–H and O–H groups in total. The molecule has 0 aliphatic rings. The molecule has 0 radical (unpaired) electrons. The van der Waals surface area contributed by atoms with Gasteiger partial charge in [0, 0.05) is 5.56 Å². The van der Waals surface area contributed by atoms with Crippen LogP contribution in [-0.2, 0) is 4.74 Å². The number of benzene rings is 1. The van der Waals surface area contributed by atoms with E-state index < -0.39 is 11.7 Å². The summed E-state index contributed by atoms with van der Waals surface area (Å²) >= 11 is 0. The Morgan fingerprint density at radius 3 is 2.42 bits per heavy atom. The first-order chi connectivity index (χ1) is 8.81. The second-order valence-corrected chi connectivity index (χ2v) is 4.91. The summed E-state index contributed by atoms with van der Waals surface area (Å²) < 4.78 is 17.8. The fraction of sp³-hybridized carbons (Fsp3) is 0.385. The molecule has 5 nitrogen and oxygen atoms in total. The van der Waals surface area contributed by atoms with E-state index in [0.717, 1.165) is 0 Å². The summed E-state index contributed by atoms with van der Waals surface area (Å²) in [6.45, 7) is 5.21. The number of nitrogens with zero attached hydrogens (tertiary/aromatic N) is 1. The fourth-order valence-electron chi connectivity index (χ4n) is 1.31. The van der Waals surface area contributed by atoms with Crippen molar-refractivity contribution in [1.82, 2.24) is 5.32 Å². The quantitative estimate of drug-likeness (QED) is 0.502. The van der Waals surface area contributed by atoms with Crippen LogP contribution in [0.4, 0.5) is 9.18 Å². The summed E-state index contributed by atoms with van der Waals surface area (Å²) in [6, 6.07) is 5.41. The zero-order chi connectivity index (χ0) is 14.5. The molecule has 0 saturated carbocycles. The van der Waals surface area contributed by atoms with Gasteiger partial charge in [-0.15, -0.1) is 0 Å². The van der Waals surface area contributed by atoms with Gasteiger partial charge in [-0.1, -0.05) is 17.3 Å². The third kappa shape index (κ3) is 5.37. The number of oxime groups is 1. The normalized spacial score (nSPS) is 12.1. The number of alkyl carbamates (subject to hydrolysis) is 1. The van der Waals surface area contributed by atoms with Crippen molar-refractivity contribution in [3.05, 3.63) is 35.6 Å². The lowest BCUT2D eigenvalue weighted by molar-refractivity contribution is 0.0536. The molecule has 0 heterocycles. The molecule has 0 saturated heterocycles. The predicted octanol–water partition coefficient (Wildman–Crippen LogP) is 2.53. The highest BCUT2D eigenvalue weighted by molar-refractivity contribution is 6.02. The minimum Gasteiger partial charge on any atom is -0.444 e. The fourth-order valence-corrected chi connectivity index (χ4v) is 1.31. The van der Waals surface area contributed by atoms with E-state index in [2.05, 4.69) is 10.5 Å². The van der Waals surface area contributed by atoms with Gasteiger partial charge in [-0.25, -0.2) is 9.18 Å². The van der Waals surface area contributed by atoms with Crippen LogP contribution >= 0.6 is 0 Å². The van der Waals surface area contributed by atoms with Gasteiger partial charge in [-0.2, -0.15) is 0 Å². The van der Waals surface area contributed by atoms with Crippen LogP contribution in [0.2, 0.25) is 0 Å². The van der Waals surface area contributed by atoms with Crippen molar-refractivity contribution >= 4 is 11.8 Å². The number of carbonyl (C=O) groups excluding carboxylic acids is 1. The first kappa shape index (κ1) is 14.9. The molecule has 0 spiro atoms. The molecule has 1 aromatic rings. The highest BCUT2D eigenvalue weighted by Crippen LogP contribution is 2.07. The molecular weight excluding hydrogens is 251 g/mol. The molecule has 0 aromatic heterocycles. The van der Waals surface area contributed by atoms with E-state index in [1.165, 1.54) is 24.3 Å². The summed E-state index contributed by atoms with van der Waals surface area (Å²) in [5.41, 5.74) is 0.127. The van der Waals surface area contributed by atoms with Gasteiger partial charge in [0.05, 0.1) is 6.54 Å². The molecule has 1 amide bonds. The largest absolute Gasteiger partial charge is 0.444 e. The van der Waals surface area contributed by atoms with Crippen LogP contribution in [-0.4, -0.2) is 29.2 Å². The Morgan fingerprint density at radius 2 is 1.95 bits per heavy atom. The first-order valence-corrected chi connectivity index (χ1v) is 5.75. The zero-order valence-electron chi connectivity index (χ0n) is 11.1. The van der Waals surface area contributed by atoms with Crippen LogP contribution < -0.4 is 5.32 Å². The lowest BCUT2D eigenvalue weighted by Gasteiger charge is -2.19. The average Bonchev–Trinajstić information content (AvgIpc) is 2.29. The number of hydrogen-bond acceptors (Lipinski definition) is 4. The maximum Gasteiger partial charge on any atom is 0.407 e. The van der Waals surface area contributed by atoms with Crippen LogP contribution in [0.3, 0.4) is 0 Å². The second kappa shape index (κ2) is 6.17. The Bertz CT molecular complexity index is 464. The van der Waals surface area contributed by atoms with Crippen molar-refractivity contribution in [3.8, 4) is 0 Å². The monoisotopic (exact) mass is 268 g/mol. The van der Waals surface area contributed by atoms with Crippen molar-refractivity contribution in [2.24, 2.45) is 5.16 Å². The molecule has 0 fully saturated rings. The first-order valence-electron chi connectivity index (χ1n) is 5.75. The van der Waals surface area contributed by atoms with E-state index in [4.69, 9.17) is 9.94 Å². The number of halogens is 1. The van der Waals surface area contributed by atoms with Crippen molar-refractivity contribution < 1.29 is 19.1 Å². The third-order valence-electron chi connectivity index (χ3n) is 2.10. The molecule has 0 aliphatic heterocycles. The molecule has 1 aromatic carbocycles. The summed E-state index contributed by atoms with van der Waals surface area (Å²) in [7, 11) is 0. The van der Waals surface area contributed by atoms with Crippen LogP contribution in [0.5, 0.6) is 0 Å². The summed E-state index contributed by atoms with van der Waals surface area (Å²) in [6.07, 6.45) is -0.615. The van der Waals surface area contributed by atoms with Gasteiger partial charge in [-0.3, -0.25) is 0 Å². The highest BCUT2D eigenvalue weighted by atomic mass is 19.1.